The standard InChI is InChI=1S/C12H19N3O2S/c16-18(17,15-10-4-1-5-11-15)14-9-7-12-6-2-3-8-13-12/h2-3,6,8,14H,1,4-5,7,9-11H2. The van der Waals surface area contributed by atoms with E-state index in [0.29, 0.717) is 26.1 Å². The molecule has 0 bridgehead atoms. The van der Waals surface area contributed by atoms with Crippen LogP contribution < -0.4 is 4.72 Å². The van der Waals surface area contributed by atoms with Crippen LogP contribution in [0.25, 0.3) is 0 Å². The van der Waals surface area contributed by atoms with Crippen LogP contribution in [0.2, 0.25) is 0 Å². The summed E-state index contributed by atoms with van der Waals surface area (Å²) in [5.41, 5.74) is 0.902. The van der Waals surface area contributed by atoms with Gasteiger partial charge in [-0.25, -0.2) is 4.72 Å². The third-order valence-electron chi connectivity index (χ3n) is 3.05. The minimum absolute atomic E-state index is 0.399. The molecule has 18 heavy (non-hydrogen) atoms. The molecule has 1 saturated heterocycles. The Labute approximate surface area is 108 Å². The number of hydrogen-bond donors (Lipinski definition) is 1. The molecule has 1 aliphatic rings. The molecule has 1 aliphatic heterocycles. The zero-order valence-electron chi connectivity index (χ0n) is 10.4. The Morgan fingerprint density at radius 3 is 2.67 bits per heavy atom. The number of nitrogens with zero attached hydrogens (tertiary/aromatic N) is 2. The molecule has 0 aromatic carbocycles. The lowest BCUT2D eigenvalue weighted by Crippen LogP contribution is -2.44. The minimum Gasteiger partial charge on any atom is -0.261 e. The molecule has 1 N–H and O–H groups in total. The Bertz CT molecular complexity index is 455. The molecule has 2 heterocycles. The molecular weight excluding hydrogens is 250 g/mol. The van der Waals surface area contributed by atoms with E-state index in [2.05, 4.69) is 9.71 Å². The first kappa shape index (κ1) is 13.5. The van der Waals surface area contributed by atoms with Gasteiger partial charge in [0.05, 0.1) is 0 Å². The van der Waals surface area contributed by atoms with Gasteiger partial charge in [0.2, 0.25) is 0 Å². The monoisotopic (exact) mass is 269 g/mol. The molecule has 0 saturated carbocycles. The number of aromatic nitrogens is 1. The van der Waals surface area contributed by atoms with Crippen molar-refractivity contribution in [3.05, 3.63) is 30.1 Å². The van der Waals surface area contributed by atoms with Crippen molar-refractivity contribution in [2.24, 2.45) is 0 Å². The fraction of sp³-hybridized carbons (Fsp3) is 0.583. The summed E-state index contributed by atoms with van der Waals surface area (Å²) in [5.74, 6) is 0. The van der Waals surface area contributed by atoms with Gasteiger partial charge in [-0.2, -0.15) is 12.7 Å². The second kappa shape index (κ2) is 6.26. The first-order valence-electron chi connectivity index (χ1n) is 6.33. The summed E-state index contributed by atoms with van der Waals surface area (Å²) in [5, 5.41) is 0. The molecule has 0 radical (unpaired) electrons. The summed E-state index contributed by atoms with van der Waals surface area (Å²) in [6, 6.07) is 5.65. The fourth-order valence-corrected chi connectivity index (χ4v) is 3.33. The zero-order chi connectivity index (χ0) is 12.8. The van der Waals surface area contributed by atoms with Crippen molar-refractivity contribution in [1.82, 2.24) is 14.0 Å². The van der Waals surface area contributed by atoms with E-state index < -0.39 is 10.2 Å². The molecule has 0 spiro atoms. The molecule has 1 aromatic rings. The van der Waals surface area contributed by atoms with Crippen LogP contribution in [0.15, 0.2) is 24.4 Å². The van der Waals surface area contributed by atoms with Gasteiger partial charge in [-0.05, 0) is 25.0 Å². The van der Waals surface area contributed by atoms with Gasteiger partial charge in [0.15, 0.2) is 0 Å². The Morgan fingerprint density at radius 2 is 2.00 bits per heavy atom. The van der Waals surface area contributed by atoms with Crippen molar-refractivity contribution in [1.29, 1.82) is 0 Å². The largest absolute Gasteiger partial charge is 0.279 e. The van der Waals surface area contributed by atoms with Gasteiger partial charge in [-0.15, -0.1) is 0 Å². The van der Waals surface area contributed by atoms with Crippen LogP contribution in [0.1, 0.15) is 25.0 Å². The van der Waals surface area contributed by atoms with Crippen molar-refractivity contribution < 1.29 is 8.42 Å². The summed E-state index contributed by atoms with van der Waals surface area (Å²) >= 11 is 0. The third kappa shape index (κ3) is 3.76. The van der Waals surface area contributed by atoms with E-state index in [1.54, 1.807) is 6.20 Å². The predicted molar refractivity (Wildman–Crippen MR) is 70.3 cm³/mol. The summed E-state index contributed by atoms with van der Waals surface area (Å²) < 4.78 is 28.1. The SMILES string of the molecule is O=S(=O)(NCCc1ccccn1)N1CCCCC1. The summed E-state index contributed by atoms with van der Waals surface area (Å²) in [7, 11) is -3.30. The number of pyridine rings is 1. The van der Waals surface area contributed by atoms with Crippen LogP contribution >= 0.6 is 0 Å². The fourth-order valence-electron chi connectivity index (χ4n) is 2.05. The van der Waals surface area contributed by atoms with Crippen LogP contribution in [-0.2, 0) is 16.6 Å². The second-order valence-electron chi connectivity index (χ2n) is 4.43. The Kier molecular flexibility index (Phi) is 4.68. The third-order valence-corrected chi connectivity index (χ3v) is 4.66. The van der Waals surface area contributed by atoms with Crippen LogP contribution in [0.3, 0.4) is 0 Å². The quantitative estimate of drug-likeness (QED) is 0.865. The number of piperidine rings is 1. The van der Waals surface area contributed by atoms with E-state index >= 15 is 0 Å². The highest BCUT2D eigenvalue weighted by atomic mass is 32.2. The van der Waals surface area contributed by atoms with Gasteiger partial charge in [-0.1, -0.05) is 12.5 Å². The van der Waals surface area contributed by atoms with E-state index in [9.17, 15) is 8.42 Å². The van der Waals surface area contributed by atoms with Gasteiger partial charge in [0.1, 0.15) is 0 Å². The van der Waals surface area contributed by atoms with Crippen molar-refractivity contribution in [2.45, 2.75) is 25.7 Å². The molecule has 0 atom stereocenters. The van der Waals surface area contributed by atoms with Crippen molar-refractivity contribution in [3.8, 4) is 0 Å². The lowest BCUT2D eigenvalue weighted by molar-refractivity contribution is 0.342. The van der Waals surface area contributed by atoms with Gasteiger partial charge in [0, 0.05) is 37.9 Å². The number of rotatable bonds is 5. The van der Waals surface area contributed by atoms with E-state index in [1.165, 1.54) is 4.31 Å². The average molecular weight is 269 g/mol. The molecule has 1 aromatic heterocycles. The number of nitrogens with one attached hydrogen (secondary N) is 1. The molecule has 100 valence electrons. The van der Waals surface area contributed by atoms with Crippen LogP contribution in [0.5, 0.6) is 0 Å². The summed E-state index contributed by atoms with van der Waals surface area (Å²) in [6.45, 7) is 1.67. The van der Waals surface area contributed by atoms with Crippen molar-refractivity contribution in [2.75, 3.05) is 19.6 Å². The highest BCUT2D eigenvalue weighted by Gasteiger charge is 2.22. The number of hydrogen-bond acceptors (Lipinski definition) is 3. The first-order chi connectivity index (χ1) is 8.68. The van der Waals surface area contributed by atoms with Gasteiger partial charge < -0.3 is 0 Å². The van der Waals surface area contributed by atoms with Crippen LogP contribution in [0, 0.1) is 0 Å². The maximum Gasteiger partial charge on any atom is 0.279 e. The second-order valence-corrected chi connectivity index (χ2v) is 6.19. The van der Waals surface area contributed by atoms with Crippen molar-refractivity contribution in [3.63, 3.8) is 0 Å². The Balaban J connectivity index is 1.82. The zero-order valence-corrected chi connectivity index (χ0v) is 11.2. The van der Waals surface area contributed by atoms with E-state index in [1.807, 2.05) is 18.2 Å². The van der Waals surface area contributed by atoms with Crippen LogP contribution in [0.4, 0.5) is 0 Å². The first-order valence-corrected chi connectivity index (χ1v) is 7.77. The van der Waals surface area contributed by atoms with Crippen molar-refractivity contribution >= 4 is 10.2 Å². The normalized spacial score (nSPS) is 17.8. The van der Waals surface area contributed by atoms with Crippen LogP contribution in [-0.4, -0.2) is 37.3 Å². The van der Waals surface area contributed by atoms with E-state index in [4.69, 9.17) is 0 Å². The maximum absolute atomic E-state index is 12.0. The molecular formula is C12H19N3O2S. The summed E-state index contributed by atoms with van der Waals surface area (Å²) in [4.78, 5) is 4.16. The molecule has 1 fully saturated rings. The van der Waals surface area contributed by atoms with Gasteiger partial charge in [0.25, 0.3) is 10.2 Å². The van der Waals surface area contributed by atoms with Gasteiger partial charge in [-0.3, -0.25) is 4.98 Å². The van der Waals surface area contributed by atoms with Gasteiger partial charge >= 0.3 is 0 Å². The topological polar surface area (TPSA) is 62.3 Å². The predicted octanol–water partition coefficient (Wildman–Crippen LogP) is 0.944. The Morgan fingerprint density at radius 1 is 1.22 bits per heavy atom. The lowest BCUT2D eigenvalue weighted by atomic mass is 10.2. The molecule has 5 nitrogen and oxygen atoms in total. The molecule has 2 rings (SSSR count). The molecule has 0 unspecified atom stereocenters. The molecule has 0 amide bonds. The maximum atomic E-state index is 12.0. The highest BCUT2D eigenvalue weighted by molar-refractivity contribution is 7.87. The Hall–Kier alpha value is -0.980. The highest BCUT2D eigenvalue weighted by Crippen LogP contribution is 2.11. The average Bonchev–Trinajstić information content (AvgIpc) is 2.41. The smallest absolute Gasteiger partial charge is 0.261 e. The molecule has 0 aliphatic carbocycles. The molecule has 6 heteroatoms. The minimum atomic E-state index is -3.30. The van der Waals surface area contributed by atoms with E-state index in [0.717, 1.165) is 25.0 Å². The lowest BCUT2D eigenvalue weighted by Gasteiger charge is -2.25. The van der Waals surface area contributed by atoms with E-state index in [-0.39, 0.29) is 0 Å². The summed E-state index contributed by atoms with van der Waals surface area (Å²) in [6.07, 6.45) is 5.38.